The van der Waals surface area contributed by atoms with Gasteiger partial charge in [-0.1, -0.05) is 6.92 Å². The summed E-state index contributed by atoms with van der Waals surface area (Å²) in [5.41, 5.74) is 3.42. The van der Waals surface area contributed by atoms with Gasteiger partial charge in [0.2, 0.25) is 0 Å². The molecule has 1 saturated heterocycles. The van der Waals surface area contributed by atoms with E-state index in [1.165, 1.54) is 11.3 Å². The van der Waals surface area contributed by atoms with E-state index < -0.39 is 0 Å². The summed E-state index contributed by atoms with van der Waals surface area (Å²) >= 11 is 0. The molecule has 1 fully saturated rings. The molecule has 4 unspecified atom stereocenters. The monoisotopic (exact) mass is 324 g/mol. The van der Waals surface area contributed by atoms with Crippen molar-refractivity contribution in [1.82, 2.24) is 15.0 Å². The first-order chi connectivity index (χ1) is 11.6. The standard InChI is InChI=1S/C19H24N4O/c1-11-12(2)24-13(3)17(11)22-19-15-7-4-8-16(15)21-18(23-19)14-6-5-9-20-10-14/h5-6,9-13,17H,4,7-8H2,1-3H3,(H,21,22,23). The van der Waals surface area contributed by atoms with Gasteiger partial charge in [-0.2, -0.15) is 0 Å². The first-order valence-electron chi connectivity index (χ1n) is 8.85. The maximum atomic E-state index is 5.98. The summed E-state index contributed by atoms with van der Waals surface area (Å²) in [6.07, 6.45) is 7.29. The topological polar surface area (TPSA) is 59.9 Å². The van der Waals surface area contributed by atoms with Crippen LogP contribution in [0.15, 0.2) is 24.5 Å². The molecular weight excluding hydrogens is 300 g/mol. The van der Waals surface area contributed by atoms with E-state index in [9.17, 15) is 0 Å². The van der Waals surface area contributed by atoms with Crippen molar-refractivity contribution in [1.29, 1.82) is 0 Å². The first kappa shape index (κ1) is 15.5. The molecule has 126 valence electrons. The van der Waals surface area contributed by atoms with Gasteiger partial charge in [-0.15, -0.1) is 0 Å². The zero-order valence-corrected chi connectivity index (χ0v) is 14.5. The molecular formula is C19H24N4O. The first-order valence-corrected chi connectivity index (χ1v) is 8.85. The second-order valence-electron chi connectivity index (χ2n) is 6.99. The molecule has 24 heavy (non-hydrogen) atoms. The molecule has 4 rings (SSSR count). The summed E-state index contributed by atoms with van der Waals surface area (Å²) in [5, 5.41) is 3.68. The van der Waals surface area contributed by atoms with Gasteiger partial charge in [-0.25, -0.2) is 9.97 Å². The molecule has 0 bridgehead atoms. The fourth-order valence-corrected chi connectivity index (χ4v) is 3.85. The van der Waals surface area contributed by atoms with Crippen molar-refractivity contribution in [3.05, 3.63) is 35.8 Å². The Morgan fingerprint density at radius 1 is 1.12 bits per heavy atom. The third kappa shape index (κ3) is 2.67. The van der Waals surface area contributed by atoms with Gasteiger partial charge in [0, 0.05) is 35.1 Å². The highest BCUT2D eigenvalue weighted by atomic mass is 16.5. The minimum atomic E-state index is 0.184. The maximum absolute atomic E-state index is 5.98. The fraction of sp³-hybridized carbons (Fsp3) is 0.526. The van der Waals surface area contributed by atoms with Crippen LogP contribution in [0.1, 0.15) is 38.4 Å². The number of pyridine rings is 1. The highest BCUT2D eigenvalue weighted by Crippen LogP contribution is 2.33. The smallest absolute Gasteiger partial charge is 0.163 e. The molecule has 0 radical (unpaired) electrons. The van der Waals surface area contributed by atoms with Gasteiger partial charge in [0.1, 0.15) is 5.82 Å². The molecule has 3 heterocycles. The predicted molar refractivity (Wildman–Crippen MR) is 93.9 cm³/mol. The van der Waals surface area contributed by atoms with Crippen LogP contribution in [0.5, 0.6) is 0 Å². The normalized spacial score (nSPS) is 28.8. The molecule has 5 heteroatoms. The number of anilines is 1. The van der Waals surface area contributed by atoms with Crippen LogP contribution >= 0.6 is 0 Å². The van der Waals surface area contributed by atoms with Crippen LogP contribution < -0.4 is 5.32 Å². The Kier molecular flexibility index (Phi) is 3.96. The lowest BCUT2D eigenvalue weighted by Crippen LogP contribution is -2.33. The highest BCUT2D eigenvalue weighted by molar-refractivity contribution is 5.60. The van der Waals surface area contributed by atoms with E-state index in [-0.39, 0.29) is 18.2 Å². The van der Waals surface area contributed by atoms with Crippen molar-refractivity contribution in [3.63, 3.8) is 0 Å². The molecule has 0 spiro atoms. The maximum Gasteiger partial charge on any atom is 0.163 e. The molecule has 0 saturated carbocycles. The van der Waals surface area contributed by atoms with Gasteiger partial charge < -0.3 is 10.1 Å². The van der Waals surface area contributed by atoms with Crippen LogP contribution in [-0.2, 0) is 17.6 Å². The van der Waals surface area contributed by atoms with Crippen molar-refractivity contribution in [3.8, 4) is 11.4 Å². The van der Waals surface area contributed by atoms with Gasteiger partial charge in [0.05, 0.1) is 18.2 Å². The molecule has 0 aromatic carbocycles. The minimum Gasteiger partial charge on any atom is -0.373 e. The van der Waals surface area contributed by atoms with Crippen molar-refractivity contribution >= 4 is 5.82 Å². The third-order valence-electron chi connectivity index (χ3n) is 5.40. The number of hydrogen-bond donors (Lipinski definition) is 1. The molecule has 2 aliphatic rings. The molecule has 2 aromatic rings. The number of aryl methyl sites for hydroxylation is 1. The van der Waals surface area contributed by atoms with Crippen molar-refractivity contribution in [2.75, 3.05) is 5.32 Å². The number of aromatic nitrogens is 3. The highest BCUT2D eigenvalue weighted by Gasteiger charge is 2.37. The summed E-state index contributed by atoms with van der Waals surface area (Å²) in [4.78, 5) is 13.8. The van der Waals surface area contributed by atoms with Gasteiger partial charge in [-0.05, 0) is 45.2 Å². The quantitative estimate of drug-likeness (QED) is 0.939. The second kappa shape index (κ2) is 6.13. The fourth-order valence-electron chi connectivity index (χ4n) is 3.85. The van der Waals surface area contributed by atoms with Crippen LogP contribution in [-0.4, -0.2) is 33.2 Å². The zero-order chi connectivity index (χ0) is 16.7. The molecule has 4 atom stereocenters. The van der Waals surface area contributed by atoms with E-state index >= 15 is 0 Å². The molecule has 1 N–H and O–H groups in total. The summed E-state index contributed by atoms with van der Waals surface area (Å²) in [7, 11) is 0. The minimum absolute atomic E-state index is 0.184. The predicted octanol–water partition coefficient (Wildman–Crippen LogP) is 3.25. The van der Waals surface area contributed by atoms with Gasteiger partial charge in [-0.3, -0.25) is 4.98 Å². The lowest BCUT2D eigenvalue weighted by atomic mass is 9.97. The van der Waals surface area contributed by atoms with Crippen molar-refractivity contribution in [2.45, 2.75) is 58.3 Å². The van der Waals surface area contributed by atoms with E-state index in [2.05, 4.69) is 31.1 Å². The van der Waals surface area contributed by atoms with Gasteiger partial charge >= 0.3 is 0 Å². The SMILES string of the molecule is CC1OC(C)C(Nc2nc(-c3cccnc3)nc3c2CCC3)C1C. The van der Waals surface area contributed by atoms with Crippen LogP contribution in [0.2, 0.25) is 0 Å². The Labute approximate surface area is 142 Å². The van der Waals surface area contributed by atoms with E-state index in [1.54, 1.807) is 6.20 Å². The van der Waals surface area contributed by atoms with Crippen molar-refractivity contribution < 1.29 is 4.74 Å². The second-order valence-corrected chi connectivity index (χ2v) is 6.99. The van der Waals surface area contributed by atoms with E-state index in [0.29, 0.717) is 5.92 Å². The van der Waals surface area contributed by atoms with Gasteiger partial charge in [0.15, 0.2) is 5.82 Å². The molecule has 0 amide bonds. The number of rotatable bonds is 3. The third-order valence-corrected chi connectivity index (χ3v) is 5.40. The number of nitrogens with zero attached hydrogens (tertiary/aromatic N) is 3. The lowest BCUT2D eigenvalue weighted by Gasteiger charge is -2.22. The largest absolute Gasteiger partial charge is 0.373 e. The Hall–Kier alpha value is -2.01. The van der Waals surface area contributed by atoms with Crippen LogP contribution in [0.25, 0.3) is 11.4 Å². The number of ether oxygens (including phenoxy) is 1. The zero-order valence-electron chi connectivity index (χ0n) is 14.5. The summed E-state index contributed by atoms with van der Waals surface area (Å²) in [6.45, 7) is 6.53. The average molecular weight is 324 g/mol. The van der Waals surface area contributed by atoms with E-state index in [1.807, 2.05) is 18.3 Å². The Balaban J connectivity index is 1.71. The number of nitrogens with one attached hydrogen (secondary N) is 1. The summed E-state index contributed by atoms with van der Waals surface area (Å²) < 4.78 is 5.98. The van der Waals surface area contributed by atoms with Crippen molar-refractivity contribution in [2.24, 2.45) is 5.92 Å². The molecule has 5 nitrogen and oxygen atoms in total. The van der Waals surface area contributed by atoms with E-state index in [0.717, 1.165) is 36.5 Å². The Bertz CT molecular complexity index is 734. The molecule has 1 aliphatic heterocycles. The summed E-state index contributed by atoms with van der Waals surface area (Å²) in [6, 6.07) is 4.22. The lowest BCUT2D eigenvalue weighted by molar-refractivity contribution is 0.0567. The molecule has 2 aromatic heterocycles. The van der Waals surface area contributed by atoms with E-state index in [4.69, 9.17) is 14.7 Å². The number of hydrogen-bond acceptors (Lipinski definition) is 5. The summed E-state index contributed by atoms with van der Waals surface area (Å²) in [5.74, 6) is 2.20. The van der Waals surface area contributed by atoms with Crippen LogP contribution in [0, 0.1) is 5.92 Å². The van der Waals surface area contributed by atoms with Crippen LogP contribution in [0.4, 0.5) is 5.82 Å². The Morgan fingerprint density at radius 3 is 2.71 bits per heavy atom. The molecule has 1 aliphatic carbocycles. The van der Waals surface area contributed by atoms with Crippen LogP contribution in [0.3, 0.4) is 0 Å². The number of fused-ring (bicyclic) bond motifs is 1. The Morgan fingerprint density at radius 2 is 2.00 bits per heavy atom. The van der Waals surface area contributed by atoms with Gasteiger partial charge in [0.25, 0.3) is 0 Å². The average Bonchev–Trinajstić information content (AvgIpc) is 3.16.